The van der Waals surface area contributed by atoms with Crippen LogP contribution in [0.3, 0.4) is 0 Å². The maximum Gasteiger partial charge on any atom is 0.0896 e. The molecule has 0 saturated carbocycles. The maximum absolute atomic E-state index is 5.90. The van der Waals surface area contributed by atoms with Crippen LogP contribution in [0.5, 0.6) is 0 Å². The van der Waals surface area contributed by atoms with Crippen molar-refractivity contribution in [1.29, 1.82) is 0 Å². The zero-order valence-electron chi connectivity index (χ0n) is 20.1. The van der Waals surface area contributed by atoms with Crippen LogP contribution in [-0.4, -0.2) is 0 Å². The van der Waals surface area contributed by atoms with Gasteiger partial charge < -0.3 is 4.42 Å². The molecule has 3 aromatic carbocycles. The van der Waals surface area contributed by atoms with Gasteiger partial charge in [0.1, 0.15) is 0 Å². The molecule has 4 aromatic rings. The van der Waals surface area contributed by atoms with Gasteiger partial charge in [0.05, 0.1) is 11.5 Å². The summed E-state index contributed by atoms with van der Waals surface area (Å²) in [4.78, 5) is 0. The van der Waals surface area contributed by atoms with E-state index in [1.165, 1.54) is 38.6 Å². The van der Waals surface area contributed by atoms with E-state index in [9.17, 15) is 0 Å². The fourth-order valence-corrected chi connectivity index (χ4v) is 4.14. The van der Waals surface area contributed by atoms with E-state index in [0.717, 1.165) is 17.1 Å². The van der Waals surface area contributed by atoms with Crippen molar-refractivity contribution in [3.05, 3.63) is 77.0 Å². The number of furan rings is 1. The molecule has 2 heteroatoms. The minimum Gasteiger partial charge on any atom is -0.496 e. The first kappa shape index (κ1) is 23.9. The summed E-state index contributed by atoms with van der Waals surface area (Å²) in [5.74, 6) is 1.88. The van der Waals surface area contributed by atoms with Crippen molar-refractivity contribution in [3.63, 3.8) is 0 Å². The Hall–Kier alpha value is -1.79. The molecule has 0 unspecified atom stereocenters. The summed E-state index contributed by atoms with van der Waals surface area (Å²) in [5.41, 5.74) is 8.06. The molecule has 1 nitrogen and oxygen atoms in total. The topological polar surface area (TPSA) is 13.1 Å². The average molecular weight is 489 g/mol. The molecule has 0 amide bonds. The molecular weight excluding hydrogens is 456 g/mol. The Balaban J connectivity index is 0.00000272. The summed E-state index contributed by atoms with van der Waals surface area (Å²) in [5, 5.41) is 2.56. The summed E-state index contributed by atoms with van der Waals surface area (Å²) in [6, 6.07) is 20.3. The van der Waals surface area contributed by atoms with Gasteiger partial charge in [0.2, 0.25) is 0 Å². The summed E-state index contributed by atoms with van der Waals surface area (Å²) < 4.78 is 5.90. The zero-order valence-corrected chi connectivity index (χ0v) is 22.6. The molecule has 0 fully saturated rings. The van der Waals surface area contributed by atoms with Crippen molar-refractivity contribution in [2.75, 3.05) is 0 Å². The van der Waals surface area contributed by atoms with Gasteiger partial charge >= 0.3 is 0 Å². The third-order valence-corrected chi connectivity index (χ3v) is 6.08. The van der Waals surface area contributed by atoms with Gasteiger partial charge in [-0.15, -0.1) is 29.0 Å². The molecule has 1 heterocycles. The minimum absolute atomic E-state index is 0. The number of hydrogen-bond donors (Lipinski definition) is 0. The molecule has 0 N–H and O–H groups in total. The van der Waals surface area contributed by atoms with E-state index in [0.29, 0.717) is 0 Å². The quantitative estimate of drug-likeness (QED) is 0.257. The number of benzene rings is 2. The summed E-state index contributed by atoms with van der Waals surface area (Å²) in [6.45, 7) is 18.0. The fourth-order valence-electron chi connectivity index (χ4n) is 4.14. The zero-order chi connectivity index (χ0) is 21.8. The van der Waals surface area contributed by atoms with Crippen LogP contribution < -0.4 is 0 Å². The molecule has 0 saturated heterocycles. The van der Waals surface area contributed by atoms with Gasteiger partial charge in [-0.25, -0.2) is 0 Å². The Labute approximate surface area is 206 Å². The molecule has 0 aliphatic rings. The molecule has 1 aromatic heterocycles. The molecule has 0 aliphatic heterocycles. The average Bonchev–Trinajstić information content (AvgIpc) is 3.25. The van der Waals surface area contributed by atoms with Crippen molar-refractivity contribution in [1.82, 2.24) is 0 Å². The summed E-state index contributed by atoms with van der Waals surface area (Å²) >= 11 is 0. The van der Waals surface area contributed by atoms with Crippen LogP contribution in [0.4, 0.5) is 0 Å². The molecule has 0 bridgehead atoms. The Kier molecular flexibility index (Phi) is 6.38. The monoisotopic (exact) mass is 487 g/mol. The Morgan fingerprint density at radius 2 is 1.35 bits per heavy atom. The maximum atomic E-state index is 5.90. The fraction of sp³-hybridized carbons (Fsp3) is 0.345. The second-order valence-corrected chi connectivity index (χ2v) is 10.7. The molecule has 0 aliphatic carbocycles. The van der Waals surface area contributed by atoms with E-state index in [1.807, 2.05) is 13.0 Å². The van der Waals surface area contributed by atoms with Gasteiger partial charge in [0.15, 0.2) is 0 Å². The van der Waals surface area contributed by atoms with Crippen LogP contribution in [0.1, 0.15) is 64.0 Å². The second kappa shape index (κ2) is 8.29. The smallest absolute Gasteiger partial charge is 0.0896 e. The van der Waals surface area contributed by atoms with Crippen molar-refractivity contribution in [3.8, 4) is 22.5 Å². The van der Waals surface area contributed by atoms with Crippen LogP contribution in [0.25, 0.3) is 33.2 Å². The standard InChI is InChI=1S/C29H33O.Zr/c1-18-9-11-20-13-21(26-12-10-19(2)30-26)16-25(20)27(18)22-14-23(28(3,4)5)17-24(15-22)29(6,7)8;/h9-17H,1-8H3;/q-1;. The van der Waals surface area contributed by atoms with Crippen LogP contribution in [0.15, 0.2) is 59.0 Å². The number of rotatable bonds is 2. The van der Waals surface area contributed by atoms with E-state index in [2.05, 4.69) is 97.0 Å². The Morgan fingerprint density at radius 1 is 0.742 bits per heavy atom. The van der Waals surface area contributed by atoms with E-state index < -0.39 is 0 Å². The van der Waals surface area contributed by atoms with E-state index in [1.54, 1.807) is 0 Å². The summed E-state index contributed by atoms with van der Waals surface area (Å²) in [7, 11) is 0. The van der Waals surface area contributed by atoms with Gasteiger partial charge in [-0.2, -0.15) is 0 Å². The molecule has 0 radical (unpaired) electrons. The molecule has 0 spiro atoms. The molecule has 160 valence electrons. The first-order valence-corrected chi connectivity index (χ1v) is 10.9. The van der Waals surface area contributed by atoms with Crippen LogP contribution in [0.2, 0.25) is 0 Å². The second-order valence-electron chi connectivity index (χ2n) is 10.7. The number of fused-ring (bicyclic) bond motifs is 1. The number of aryl methyl sites for hydroxylation is 2. The summed E-state index contributed by atoms with van der Waals surface area (Å²) in [6.07, 6.45) is 0. The van der Waals surface area contributed by atoms with Crippen molar-refractivity contribution in [2.24, 2.45) is 0 Å². The predicted octanol–water partition coefficient (Wildman–Crippen LogP) is 8.70. The van der Waals surface area contributed by atoms with Crippen LogP contribution in [0, 0.1) is 13.8 Å². The van der Waals surface area contributed by atoms with E-state index in [4.69, 9.17) is 4.42 Å². The van der Waals surface area contributed by atoms with Crippen molar-refractivity contribution < 1.29 is 30.6 Å². The first-order valence-electron chi connectivity index (χ1n) is 10.9. The third kappa shape index (κ3) is 4.70. The van der Waals surface area contributed by atoms with Crippen LogP contribution in [-0.2, 0) is 37.0 Å². The molecule has 4 rings (SSSR count). The molecular formula is C29H33OZr-. The SMILES string of the molecule is Cc1ccc(-c2cc3c(-c4cc(C(C)(C)C)cc(C(C)(C)C)c4)c(C)ccc3[cH-]2)o1.[Zr]. The molecule has 31 heavy (non-hydrogen) atoms. The van der Waals surface area contributed by atoms with E-state index >= 15 is 0 Å². The van der Waals surface area contributed by atoms with Gasteiger partial charge in [-0.05, 0) is 59.1 Å². The molecule has 0 atom stereocenters. The van der Waals surface area contributed by atoms with Crippen LogP contribution >= 0.6 is 0 Å². The Bertz CT molecular complexity index is 1190. The van der Waals surface area contributed by atoms with Crippen molar-refractivity contribution >= 4 is 10.8 Å². The van der Waals surface area contributed by atoms with Gasteiger partial charge in [0.25, 0.3) is 0 Å². The van der Waals surface area contributed by atoms with E-state index in [-0.39, 0.29) is 37.0 Å². The predicted molar refractivity (Wildman–Crippen MR) is 130 cm³/mol. The van der Waals surface area contributed by atoms with Gasteiger partial charge in [-0.3, -0.25) is 0 Å². The first-order chi connectivity index (χ1) is 13.9. The van der Waals surface area contributed by atoms with Crippen molar-refractivity contribution in [2.45, 2.75) is 66.2 Å². The Morgan fingerprint density at radius 3 is 1.87 bits per heavy atom. The van der Waals surface area contributed by atoms with Gasteiger partial charge in [0, 0.05) is 26.2 Å². The minimum atomic E-state index is 0. The number of hydrogen-bond acceptors (Lipinski definition) is 1. The third-order valence-electron chi connectivity index (χ3n) is 6.08. The largest absolute Gasteiger partial charge is 0.496 e. The van der Waals surface area contributed by atoms with Gasteiger partial charge in [-0.1, -0.05) is 76.9 Å². The normalized spacial score (nSPS) is 12.3.